The van der Waals surface area contributed by atoms with Crippen LogP contribution in [0.5, 0.6) is 0 Å². The van der Waals surface area contributed by atoms with Gasteiger partial charge >= 0.3 is 0 Å². The van der Waals surface area contributed by atoms with Crippen LogP contribution in [0.2, 0.25) is 0 Å². The minimum atomic E-state index is 0.760. The Labute approximate surface area is 158 Å². The van der Waals surface area contributed by atoms with Crippen LogP contribution in [0.1, 0.15) is 122 Å². The molecule has 2 fully saturated rings. The molecule has 0 amide bonds. The average Bonchev–Trinajstić information content (AvgIpc) is 2.66. The topological polar surface area (TPSA) is 23.8 Å². The maximum atomic E-state index is 8.62. The molecule has 144 valence electrons. The van der Waals surface area contributed by atoms with Crippen molar-refractivity contribution in [2.75, 3.05) is 0 Å². The fourth-order valence-corrected chi connectivity index (χ4v) is 5.41. The zero-order valence-corrected chi connectivity index (χ0v) is 17.0. The summed E-state index contributed by atoms with van der Waals surface area (Å²) >= 11 is 0. The molecule has 0 aromatic carbocycles. The second-order valence-electron chi connectivity index (χ2n) is 9.25. The molecule has 0 saturated heterocycles. The van der Waals surface area contributed by atoms with E-state index in [0.29, 0.717) is 0 Å². The third kappa shape index (κ3) is 8.61. The number of nitrogens with zero attached hydrogens (tertiary/aromatic N) is 1. The van der Waals surface area contributed by atoms with E-state index in [1.165, 1.54) is 103 Å². The maximum Gasteiger partial charge on any atom is 0.0621 e. The number of unbranched alkanes of at least 4 members (excludes halogenated alkanes) is 4. The van der Waals surface area contributed by atoms with E-state index >= 15 is 0 Å². The molecule has 0 atom stereocenters. The van der Waals surface area contributed by atoms with Crippen molar-refractivity contribution in [1.82, 2.24) is 0 Å². The Kier molecular flexibility index (Phi) is 10.6. The molecule has 1 nitrogen and oxygen atoms in total. The third-order valence-corrected chi connectivity index (χ3v) is 7.28. The molecule has 0 aliphatic heterocycles. The van der Waals surface area contributed by atoms with Gasteiger partial charge in [0, 0.05) is 6.42 Å². The largest absolute Gasteiger partial charge is 0.198 e. The average molecular weight is 346 g/mol. The van der Waals surface area contributed by atoms with E-state index in [2.05, 4.69) is 13.0 Å². The van der Waals surface area contributed by atoms with Crippen LogP contribution >= 0.6 is 0 Å². The second-order valence-corrected chi connectivity index (χ2v) is 9.25. The molecule has 2 saturated carbocycles. The van der Waals surface area contributed by atoms with Gasteiger partial charge < -0.3 is 0 Å². The highest BCUT2D eigenvalue weighted by atomic mass is 14.3. The van der Waals surface area contributed by atoms with Gasteiger partial charge in [-0.1, -0.05) is 110 Å². The van der Waals surface area contributed by atoms with Crippen LogP contribution < -0.4 is 0 Å². The standard InChI is InChI=1S/C24H43N/c1-2-3-5-8-21-10-14-23(15-11-21)18-19-24-16-12-22(13-17-24)9-6-4-7-20-25/h21-24H,2-19H2,1H3. The van der Waals surface area contributed by atoms with Gasteiger partial charge in [-0.3, -0.25) is 0 Å². The highest BCUT2D eigenvalue weighted by Crippen LogP contribution is 2.38. The molecule has 0 bridgehead atoms. The van der Waals surface area contributed by atoms with Crippen molar-refractivity contribution < 1.29 is 0 Å². The van der Waals surface area contributed by atoms with Crippen LogP contribution in [0.3, 0.4) is 0 Å². The van der Waals surface area contributed by atoms with Crippen LogP contribution in [0.15, 0.2) is 0 Å². The van der Waals surface area contributed by atoms with Gasteiger partial charge in [0.25, 0.3) is 0 Å². The monoisotopic (exact) mass is 345 g/mol. The maximum absolute atomic E-state index is 8.62. The first-order valence-electron chi connectivity index (χ1n) is 11.7. The molecule has 0 aromatic heterocycles. The molecular formula is C24H43N. The van der Waals surface area contributed by atoms with Crippen molar-refractivity contribution in [3.05, 3.63) is 0 Å². The first kappa shape index (κ1) is 20.8. The van der Waals surface area contributed by atoms with Gasteiger partial charge in [0.2, 0.25) is 0 Å². The van der Waals surface area contributed by atoms with Gasteiger partial charge in [-0.2, -0.15) is 5.26 Å². The Balaban J connectivity index is 1.49. The van der Waals surface area contributed by atoms with E-state index in [1.807, 2.05) is 0 Å². The summed E-state index contributed by atoms with van der Waals surface area (Å²) in [6.07, 6.45) is 25.5. The van der Waals surface area contributed by atoms with Crippen LogP contribution in [-0.4, -0.2) is 0 Å². The first-order chi connectivity index (χ1) is 12.3. The lowest BCUT2D eigenvalue weighted by atomic mass is 9.74. The van der Waals surface area contributed by atoms with Crippen molar-refractivity contribution in [3.63, 3.8) is 0 Å². The molecular weight excluding hydrogens is 302 g/mol. The minimum Gasteiger partial charge on any atom is -0.198 e. The summed E-state index contributed by atoms with van der Waals surface area (Å²) in [7, 11) is 0. The molecule has 0 N–H and O–H groups in total. The Bertz CT molecular complexity index is 353. The molecule has 25 heavy (non-hydrogen) atoms. The Morgan fingerprint density at radius 2 is 1.00 bits per heavy atom. The van der Waals surface area contributed by atoms with Gasteiger partial charge in [-0.15, -0.1) is 0 Å². The van der Waals surface area contributed by atoms with Gasteiger partial charge in [0.15, 0.2) is 0 Å². The molecule has 0 radical (unpaired) electrons. The summed E-state index contributed by atoms with van der Waals surface area (Å²) in [6, 6.07) is 2.28. The number of rotatable bonds is 11. The Hall–Kier alpha value is -0.510. The SMILES string of the molecule is CCCCCC1CCC(CCC2CCC(CCCCC#N)CC2)CC1. The fraction of sp³-hybridized carbons (Fsp3) is 0.958. The molecule has 1 heteroatoms. The van der Waals surface area contributed by atoms with E-state index in [9.17, 15) is 0 Å². The second kappa shape index (κ2) is 12.8. The zero-order chi connectivity index (χ0) is 17.7. The normalized spacial score (nSPS) is 30.1. The van der Waals surface area contributed by atoms with E-state index in [0.717, 1.165) is 36.5 Å². The highest BCUT2D eigenvalue weighted by molar-refractivity contribution is 4.77. The first-order valence-corrected chi connectivity index (χ1v) is 11.7. The van der Waals surface area contributed by atoms with E-state index in [1.54, 1.807) is 0 Å². The number of hydrogen-bond donors (Lipinski definition) is 0. The van der Waals surface area contributed by atoms with Crippen LogP contribution in [0.4, 0.5) is 0 Å². The Morgan fingerprint density at radius 3 is 1.40 bits per heavy atom. The molecule has 0 heterocycles. The molecule has 0 spiro atoms. The van der Waals surface area contributed by atoms with E-state index in [4.69, 9.17) is 5.26 Å². The zero-order valence-electron chi connectivity index (χ0n) is 17.0. The van der Waals surface area contributed by atoms with Gasteiger partial charge in [-0.25, -0.2) is 0 Å². The summed E-state index contributed by atoms with van der Waals surface area (Å²) in [5, 5.41) is 8.62. The molecule has 2 rings (SSSR count). The van der Waals surface area contributed by atoms with Crippen LogP contribution in [-0.2, 0) is 0 Å². The van der Waals surface area contributed by atoms with Crippen LogP contribution in [0, 0.1) is 35.0 Å². The summed E-state index contributed by atoms with van der Waals surface area (Å²) in [5.74, 6) is 4.15. The van der Waals surface area contributed by atoms with Crippen molar-refractivity contribution in [3.8, 4) is 6.07 Å². The van der Waals surface area contributed by atoms with Crippen molar-refractivity contribution in [2.24, 2.45) is 23.7 Å². The van der Waals surface area contributed by atoms with Crippen LogP contribution in [0.25, 0.3) is 0 Å². The molecule has 2 aliphatic carbocycles. The lowest BCUT2D eigenvalue weighted by Crippen LogP contribution is -2.18. The van der Waals surface area contributed by atoms with Gasteiger partial charge in [0.05, 0.1) is 6.07 Å². The van der Waals surface area contributed by atoms with Crippen molar-refractivity contribution in [2.45, 2.75) is 122 Å². The van der Waals surface area contributed by atoms with E-state index in [-0.39, 0.29) is 0 Å². The van der Waals surface area contributed by atoms with E-state index < -0.39 is 0 Å². The lowest BCUT2D eigenvalue weighted by Gasteiger charge is -2.32. The molecule has 0 aromatic rings. The number of nitriles is 1. The fourth-order valence-electron chi connectivity index (χ4n) is 5.41. The minimum absolute atomic E-state index is 0.760. The Morgan fingerprint density at radius 1 is 0.600 bits per heavy atom. The van der Waals surface area contributed by atoms with Gasteiger partial charge in [-0.05, 0) is 30.1 Å². The number of hydrogen-bond acceptors (Lipinski definition) is 1. The summed E-state index contributed by atoms with van der Waals surface area (Å²) in [5.41, 5.74) is 0. The highest BCUT2D eigenvalue weighted by Gasteiger charge is 2.24. The lowest BCUT2D eigenvalue weighted by molar-refractivity contribution is 0.207. The molecule has 0 unspecified atom stereocenters. The smallest absolute Gasteiger partial charge is 0.0621 e. The summed E-state index contributed by atoms with van der Waals surface area (Å²) in [6.45, 7) is 2.32. The van der Waals surface area contributed by atoms with Crippen molar-refractivity contribution in [1.29, 1.82) is 5.26 Å². The summed E-state index contributed by atoms with van der Waals surface area (Å²) < 4.78 is 0. The predicted octanol–water partition coefficient (Wildman–Crippen LogP) is 8.04. The predicted molar refractivity (Wildman–Crippen MR) is 108 cm³/mol. The summed E-state index contributed by atoms with van der Waals surface area (Å²) in [4.78, 5) is 0. The molecule has 2 aliphatic rings. The quantitative estimate of drug-likeness (QED) is 0.347. The van der Waals surface area contributed by atoms with Crippen molar-refractivity contribution >= 4 is 0 Å². The van der Waals surface area contributed by atoms with Gasteiger partial charge in [0.1, 0.15) is 0 Å². The third-order valence-electron chi connectivity index (χ3n) is 7.28.